The molecule has 130 valence electrons. The van der Waals surface area contributed by atoms with Crippen LogP contribution in [0.15, 0.2) is 6.33 Å². The van der Waals surface area contributed by atoms with Crippen molar-refractivity contribution in [2.45, 2.75) is 32.7 Å². The van der Waals surface area contributed by atoms with E-state index in [1.54, 1.807) is 14.1 Å². The number of anilines is 1. The molecule has 3 amide bonds. The van der Waals surface area contributed by atoms with Crippen LogP contribution in [0.2, 0.25) is 0 Å². The summed E-state index contributed by atoms with van der Waals surface area (Å²) < 4.78 is 6.77. The van der Waals surface area contributed by atoms with Gasteiger partial charge in [-0.1, -0.05) is 13.3 Å². The lowest BCUT2D eigenvalue weighted by molar-refractivity contribution is -0.129. The molecule has 0 saturated heterocycles. The third-order valence-electron chi connectivity index (χ3n) is 2.95. The van der Waals surface area contributed by atoms with Crippen molar-refractivity contribution >= 4 is 17.9 Å². The highest BCUT2D eigenvalue weighted by atomic mass is 16.5. The number of carbonyl (C=O) groups is 2. The number of hydrogen-bond acceptors (Lipinski definition) is 5. The van der Waals surface area contributed by atoms with Crippen LogP contribution in [0.3, 0.4) is 0 Å². The number of urea groups is 1. The van der Waals surface area contributed by atoms with Crippen LogP contribution in [0.4, 0.5) is 10.7 Å². The van der Waals surface area contributed by atoms with Gasteiger partial charge in [0.05, 0.1) is 0 Å². The molecule has 0 aliphatic rings. The van der Waals surface area contributed by atoms with Gasteiger partial charge in [0.15, 0.2) is 0 Å². The van der Waals surface area contributed by atoms with Crippen LogP contribution in [0.25, 0.3) is 0 Å². The first-order valence-electron chi connectivity index (χ1n) is 7.75. The van der Waals surface area contributed by atoms with Crippen molar-refractivity contribution < 1.29 is 14.3 Å². The van der Waals surface area contributed by atoms with Crippen LogP contribution in [0.5, 0.6) is 0 Å². The smallest absolute Gasteiger partial charge is 0.321 e. The molecule has 0 radical (unpaired) electrons. The van der Waals surface area contributed by atoms with Crippen LogP contribution >= 0.6 is 0 Å². The Hall–Kier alpha value is -2.16. The van der Waals surface area contributed by atoms with Gasteiger partial charge in [-0.25, -0.2) is 14.5 Å². The molecule has 0 atom stereocenters. The number of aromatic nitrogens is 3. The summed E-state index contributed by atoms with van der Waals surface area (Å²) >= 11 is 0. The van der Waals surface area contributed by atoms with Crippen molar-refractivity contribution in [3.8, 4) is 0 Å². The summed E-state index contributed by atoms with van der Waals surface area (Å²) in [6, 6.07) is -0.379. The first-order valence-corrected chi connectivity index (χ1v) is 7.75. The maximum Gasteiger partial charge on any atom is 0.321 e. The summed E-state index contributed by atoms with van der Waals surface area (Å²) in [4.78, 5) is 28.6. The number of unbranched alkanes of at least 4 members (excludes halogenated alkanes) is 1. The molecule has 0 aliphatic heterocycles. The van der Waals surface area contributed by atoms with E-state index >= 15 is 0 Å². The van der Waals surface area contributed by atoms with E-state index in [1.165, 1.54) is 15.9 Å². The van der Waals surface area contributed by atoms with Gasteiger partial charge in [-0.2, -0.15) is 0 Å². The van der Waals surface area contributed by atoms with Gasteiger partial charge in [0, 0.05) is 33.9 Å². The Balaban J connectivity index is 2.19. The maximum atomic E-state index is 11.7. The third kappa shape index (κ3) is 8.15. The van der Waals surface area contributed by atoms with E-state index in [4.69, 9.17) is 4.74 Å². The Labute approximate surface area is 136 Å². The molecule has 1 aromatic rings. The van der Waals surface area contributed by atoms with E-state index in [2.05, 4.69) is 27.6 Å². The molecule has 9 nitrogen and oxygen atoms in total. The second kappa shape index (κ2) is 10.5. The number of hydrogen-bond donors (Lipinski definition) is 2. The van der Waals surface area contributed by atoms with E-state index in [9.17, 15) is 9.59 Å². The number of likely N-dealkylation sites (N-methyl/N-ethyl adjacent to an activating group) is 1. The quantitative estimate of drug-likeness (QED) is 0.616. The summed E-state index contributed by atoms with van der Waals surface area (Å²) in [7, 11) is 3.33. The van der Waals surface area contributed by atoms with E-state index in [1.807, 2.05) is 0 Å². The van der Waals surface area contributed by atoms with Crippen molar-refractivity contribution in [3.63, 3.8) is 0 Å². The summed E-state index contributed by atoms with van der Waals surface area (Å²) in [5.74, 6) is 0.0576. The minimum absolute atomic E-state index is 0.0817. The van der Waals surface area contributed by atoms with Crippen LogP contribution in [0, 0.1) is 0 Å². The molecule has 1 aromatic heterocycles. The molecule has 2 N–H and O–H groups in total. The van der Waals surface area contributed by atoms with Crippen molar-refractivity contribution in [2.75, 3.05) is 39.2 Å². The predicted octanol–water partition coefficient (Wildman–Crippen LogP) is 0.695. The van der Waals surface area contributed by atoms with Crippen LogP contribution < -0.4 is 10.6 Å². The molecule has 0 saturated carbocycles. The standard InChI is InChI=1S/C14H26N6O3/c1-4-5-8-23-9-6-7-15-14(22)17-13-16-11-20(18-13)10-12(21)19(2)3/h11H,4-10H2,1-3H3,(H2,15,17,18,22). The fourth-order valence-electron chi connectivity index (χ4n) is 1.58. The summed E-state index contributed by atoms with van der Waals surface area (Å²) in [5, 5.41) is 9.23. The number of nitrogens with one attached hydrogen (secondary N) is 2. The molecule has 0 fully saturated rings. The largest absolute Gasteiger partial charge is 0.381 e. The number of carbonyl (C=O) groups excluding carboxylic acids is 2. The van der Waals surface area contributed by atoms with Gasteiger partial charge in [-0.3, -0.25) is 10.1 Å². The average Bonchev–Trinajstić information content (AvgIpc) is 2.93. The summed E-state index contributed by atoms with van der Waals surface area (Å²) in [6.45, 7) is 4.09. The van der Waals surface area contributed by atoms with Gasteiger partial charge in [0.1, 0.15) is 12.9 Å². The Kier molecular flexibility index (Phi) is 8.66. The lowest BCUT2D eigenvalue weighted by Crippen LogP contribution is -2.30. The van der Waals surface area contributed by atoms with Crippen molar-refractivity contribution in [1.29, 1.82) is 0 Å². The molecule has 0 unspecified atom stereocenters. The molecule has 1 heterocycles. The molecule has 0 bridgehead atoms. The zero-order valence-electron chi connectivity index (χ0n) is 14.0. The molecule has 9 heteroatoms. The maximum absolute atomic E-state index is 11.7. The molecule has 0 aliphatic carbocycles. The molecule has 0 spiro atoms. The average molecular weight is 326 g/mol. The summed E-state index contributed by atoms with van der Waals surface area (Å²) in [5.41, 5.74) is 0. The molecular formula is C14H26N6O3. The first-order chi connectivity index (χ1) is 11.0. The Morgan fingerprint density at radius 1 is 1.30 bits per heavy atom. The van der Waals surface area contributed by atoms with Crippen molar-refractivity contribution in [1.82, 2.24) is 25.0 Å². The fourth-order valence-corrected chi connectivity index (χ4v) is 1.58. The zero-order chi connectivity index (χ0) is 17.1. The lowest BCUT2D eigenvalue weighted by atomic mass is 10.4. The van der Waals surface area contributed by atoms with E-state index in [-0.39, 0.29) is 24.4 Å². The highest BCUT2D eigenvalue weighted by molar-refractivity contribution is 5.87. The Morgan fingerprint density at radius 2 is 2.04 bits per heavy atom. The predicted molar refractivity (Wildman–Crippen MR) is 86.1 cm³/mol. The van der Waals surface area contributed by atoms with E-state index in [0.29, 0.717) is 13.2 Å². The third-order valence-corrected chi connectivity index (χ3v) is 2.95. The Morgan fingerprint density at radius 3 is 2.74 bits per heavy atom. The van der Waals surface area contributed by atoms with E-state index in [0.717, 1.165) is 25.9 Å². The number of nitrogens with zero attached hydrogens (tertiary/aromatic N) is 4. The van der Waals surface area contributed by atoms with Gasteiger partial charge in [0.25, 0.3) is 0 Å². The van der Waals surface area contributed by atoms with Gasteiger partial charge in [-0.15, -0.1) is 5.10 Å². The molecule has 1 rings (SSSR count). The van der Waals surface area contributed by atoms with Crippen LogP contribution in [0.1, 0.15) is 26.2 Å². The Bertz CT molecular complexity index is 489. The number of amides is 3. The second-order valence-corrected chi connectivity index (χ2v) is 5.25. The van der Waals surface area contributed by atoms with Gasteiger partial charge in [0.2, 0.25) is 11.9 Å². The van der Waals surface area contributed by atoms with E-state index < -0.39 is 0 Å². The van der Waals surface area contributed by atoms with Crippen LogP contribution in [-0.2, 0) is 16.1 Å². The van der Waals surface area contributed by atoms with Crippen molar-refractivity contribution in [3.05, 3.63) is 6.33 Å². The van der Waals surface area contributed by atoms with Gasteiger partial charge < -0.3 is 15.0 Å². The van der Waals surface area contributed by atoms with Gasteiger partial charge in [-0.05, 0) is 12.8 Å². The number of ether oxygens (including phenoxy) is 1. The summed E-state index contributed by atoms with van der Waals surface area (Å²) in [6.07, 6.45) is 4.31. The minimum atomic E-state index is -0.379. The topological polar surface area (TPSA) is 101 Å². The SMILES string of the molecule is CCCCOCCCNC(=O)Nc1ncn(CC(=O)N(C)C)n1. The highest BCUT2D eigenvalue weighted by Crippen LogP contribution is 1.97. The zero-order valence-corrected chi connectivity index (χ0v) is 14.0. The highest BCUT2D eigenvalue weighted by Gasteiger charge is 2.09. The number of rotatable bonds is 10. The minimum Gasteiger partial charge on any atom is -0.381 e. The molecular weight excluding hydrogens is 300 g/mol. The first kappa shape index (κ1) is 18.9. The monoisotopic (exact) mass is 326 g/mol. The molecule has 0 aromatic carbocycles. The molecule has 23 heavy (non-hydrogen) atoms. The fraction of sp³-hybridized carbons (Fsp3) is 0.714. The van der Waals surface area contributed by atoms with Crippen LogP contribution in [-0.4, -0.2) is 65.5 Å². The second-order valence-electron chi connectivity index (χ2n) is 5.25. The normalized spacial score (nSPS) is 10.4. The van der Waals surface area contributed by atoms with Gasteiger partial charge >= 0.3 is 6.03 Å². The lowest BCUT2D eigenvalue weighted by Gasteiger charge is -2.09. The van der Waals surface area contributed by atoms with Crippen molar-refractivity contribution in [2.24, 2.45) is 0 Å².